The Morgan fingerprint density at radius 1 is 0.941 bits per heavy atom. The number of hydrogen-bond donors (Lipinski definition) is 0. The van der Waals surface area contributed by atoms with E-state index in [1.54, 1.807) is 0 Å². The summed E-state index contributed by atoms with van der Waals surface area (Å²) < 4.78 is 5.35. The van der Waals surface area contributed by atoms with Crippen LogP contribution in [0.2, 0.25) is 0 Å². The van der Waals surface area contributed by atoms with E-state index in [-0.39, 0.29) is 28.8 Å². The number of rotatable bonds is 3. The van der Waals surface area contributed by atoms with Crippen LogP contribution >= 0.6 is 11.6 Å². The van der Waals surface area contributed by atoms with E-state index >= 15 is 0 Å². The molecule has 0 aliphatic carbocycles. The second-order valence-corrected chi connectivity index (χ2v) is 7.44. The molecular formula is C14H27ClO2. The predicted octanol–water partition coefficient (Wildman–Crippen LogP) is 5.09. The van der Waals surface area contributed by atoms with Crippen LogP contribution in [0.1, 0.15) is 55.4 Å². The van der Waals surface area contributed by atoms with Crippen LogP contribution in [0.15, 0.2) is 0 Å². The lowest BCUT2D eigenvalue weighted by Crippen LogP contribution is -2.41. The molecule has 0 N–H and O–H groups in total. The van der Waals surface area contributed by atoms with Gasteiger partial charge in [-0.3, -0.25) is 0 Å². The Labute approximate surface area is 111 Å². The number of halogens is 1. The maximum Gasteiger partial charge on any atom is 0.404 e. The van der Waals surface area contributed by atoms with Crippen LogP contribution in [-0.2, 0) is 4.74 Å². The molecular weight excluding hydrogens is 236 g/mol. The zero-order valence-electron chi connectivity index (χ0n) is 12.4. The molecule has 0 aromatic heterocycles. The topological polar surface area (TPSA) is 26.3 Å². The third kappa shape index (κ3) is 5.29. The number of hydrogen-bond acceptors (Lipinski definition) is 2. The minimum Gasteiger partial charge on any atom is -0.450 e. The van der Waals surface area contributed by atoms with E-state index in [9.17, 15) is 4.79 Å². The summed E-state index contributed by atoms with van der Waals surface area (Å²) in [5, 5.41) is 0. The maximum absolute atomic E-state index is 11.1. The number of carbonyl (C=O) groups excluding carboxylic acids is 1. The van der Waals surface area contributed by atoms with Gasteiger partial charge in [0.25, 0.3) is 0 Å². The van der Waals surface area contributed by atoms with Crippen LogP contribution in [0.4, 0.5) is 4.79 Å². The van der Waals surface area contributed by atoms with Crippen molar-refractivity contribution in [2.24, 2.45) is 22.7 Å². The van der Waals surface area contributed by atoms with Crippen LogP contribution in [0.25, 0.3) is 0 Å². The SMILES string of the molecule is CC([C@H](OC(=O)Cl)[C@@H](C)C(C)(C)C)C(C)(C)C. The molecule has 0 radical (unpaired) electrons. The second-order valence-electron chi connectivity index (χ2n) is 7.13. The normalized spacial score (nSPS) is 18.4. The van der Waals surface area contributed by atoms with Gasteiger partial charge in [-0.2, -0.15) is 0 Å². The lowest BCUT2D eigenvalue weighted by Gasteiger charge is -2.41. The first-order valence-corrected chi connectivity index (χ1v) is 6.61. The molecule has 0 fully saturated rings. The van der Waals surface area contributed by atoms with Crippen molar-refractivity contribution in [1.29, 1.82) is 0 Å². The van der Waals surface area contributed by atoms with Crippen molar-refractivity contribution in [2.75, 3.05) is 0 Å². The van der Waals surface area contributed by atoms with Gasteiger partial charge in [0, 0.05) is 11.6 Å². The summed E-state index contributed by atoms with van der Waals surface area (Å²) in [6, 6.07) is 0. The molecule has 3 atom stereocenters. The molecule has 0 aliphatic heterocycles. The van der Waals surface area contributed by atoms with E-state index in [2.05, 4.69) is 55.4 Å². The molecule has 3 heteroatoms. The summed E-state index contributed by atoms with van der Waals surface area (Å²) in [5.74, 6) is 0.499. The Morgan fingerprint density at radius 3 is 1.41 bits per heavy atom. The summed E-state index contributed by atoms with van der Waals surface area (Å²) in [6.07, 6.45) is -0.153. The lowest BCUT2D eigenvalue weighted by atomic mass is 9.69. The van der Waals surface area contributed by atoms with Crippen molar-refractivity contribution in [1.82, 2.24) is 0 Å². The first kappa shape index (κ1) is 16.8. The molecule has 0 saturated carbocycles. The van der Waals surface area contributed by atoms with Gasteiger partial charge >= 0.3 is 5.43 Å². The third-order valence-corrected chi connectivity index (χ3v) is 4.04. The van der Waals surface area contributed by atoms with Crippen LogP contribution in [-0.4, -0.2) is 11.5 Å². The Morgan fingerprint density at radius 2 is 1.24 bits per heavy atom. The average molecular weight is 263 g/mol. The van der Waals surface area contributed by atoms with Gasteiger partial charge in [0.1, 0.15) is 6.10 Å². The van der Waals surface area contributed by atoms with E-state index in [0.29, 0.717) is 0 Å². The fourth-order valence-electron chi connectivity index (χ4n) is 1.73. The molecule has 0 heterocycles. The van der Waals surface area contributed by atoms with E-state index in [4.69, 9.17) is 16.3 Å². The Kier molecular flexibility index (Phi) is 5.52. The largest absolute Gasteiger partial charge is 0.450 e. The van der Waals surface area contributed by atoms with Gasteiger partial charge in [0.05, 0.1) is 0 Å². The summed E-state index contributed by atoms with van der Waals surface area (Å²) in [4.78, 5) is 11.1. The second kappa shape index (κ2) is 5.60. The smallest absolute Gasteiger partial charge is 0.404 e. The molecule has 17 heavy (non-hydrogen) atoms. The summed E-state index contributed by atoms with van der Waals surface area (Å²) in [5.41, 5.74) is -0.547. The highest BCUT2D eigenvalue weighted by molar-refractivity contribution is 6.61. The van der Waals surface area contributed by atoms with Gasteiger partial charge in [-0.15, -0.1) is 0 Å². The quantitative estimate of drug-likeness (QED) is 0.662. The van der Waals surface area contributed by atoms with Crippen molar-refractivity contribution >= 4 is 17.0 Å². The lowest BCUT2D eigenvalue weighted by molar-refractivity contribution is -0.0247. The fraction of sp³-hybridized carbons (Fsp3) is 0.929. The van der Waals surface area contributed by atoms with E-state index in [0.717, 1.165) is 0 Å². The molecule has 1 unspecified atom stereocenters. The zero-order chi connectivity index (χ0) is 14.0. The molecule has 102 valence electrons. The van der Waals surface area contributed by atoms with Gasteiger partial charge < -0.3 is 4.74 Å². The first-order valence-electron chi connectivity index (χ1n) is 6.23. The Hall–Kier alpha value is -0.240. The molecule has 0 spiro atoms. The summed E-state index contributed by atoms with van der Waals surface area (Å²) >= 11 is 5.40. The molecule has 0 aliphatic rings. The highest BCUT2D eigenvalue weighted by atomic mass is 35.5. The fourth-order valence-corrected chi connectivity index (χ4v) is 1.83. The third-order valence-electron chi connectivity index (χ3n) is 3.95. The highest BCUT2D eigenvalue weighted by Gasteiger charge is 2.39. The van der Waals surface area contributed by atoms with Crippen molar-refractivity contribution in [3.05, 3.63) is 0 Å². The molecule has 0 saturated heterocycles. The predicted molar refractivity (Wildman–Crippen MR) is 73.4 cm³/mol. The molecule has 0 amide bonds. The Bertz CT molecular complexity index is 240. The highest BCUT2D eigenvalue weighted by Crippen LogP contribution is 2.39. The number of carbonyl (C=O) groups is 1. The molecule has 0 aromatic carbocycles. The van der Waals surface area contributed by atoms with Crippen molar-refractivity contribution in [3.8, 4) is 0 Å². The summed E-state index contributed by atoms with van der Waals surface area (Å²) in [6.45, 7) is 17.2. The van der Waals surface area contributed by atoms with Gasteiger partial charge in [0.15, 0.2) is 0 Å². The van der Waals surface area contributed by atoms with Gasteiger partial charge in [0.2, 0.25) is 0 Å². The zero-order valence-corrected chi connectivity index (χ0v) is 13.2. The maximum atomic E-state index is 11.1. The molecule has 2 nitrogen and oxygen atoms in total. The van der Waals surface area contributed by atoms with Crippen LogP contribution < -0.4 is 0 Å². The average Bonchev–Trinajstić information content (AvgIpc) is 2.08. The molecule has 0 bridgehead atoms. The van der Waals surface area contributed by atoms with Crippen LogP contribution in [0, 0.1) is 22.7 Å². The van der Waals surface area contributed by atoms with E-state index in [1.165, 1.54) is 0 Å². The van der Waals surface area contributed by atoms with Crippen molar-refractivity contribution in [3.63, 3.8) is 0 Å². The first-order chi connectivity index (χ1) is 7.37. The van der Waals surface area contributed by atoms with Gasteiger partial charge in [-0.05, 0) is 22.7 Å². The Balaban J connectivity index is 5.08. The van der Waals surface area contributed by atoms with E-state index < -0.39 is 5.43 Å². The summed E-state index contributed by atoms with van der Waals surface area (Å²) in [7, 11) is 0. The monoisotopic (exact) mass is 262 g/mol. The number of ether oxygens (including phenoxy) is 1. The minimum absolute atomic E-state index is 0.0799. The standard InChI is InChI=1S/C14H27ClO2/c1-9(13(3,4)5)11(17-12(15)16)10(2)14(6,7)8/h9-11H,1-8H3/t9-,10?,11-/m1/s1. The minimum atomic E-state index is -0.706. The van der Waals surface area contributed by atoms with Crippen LogP contribution in [0.5, 0.6) is 0 Å². The van der Waals surface area contributed by atoms with Gasteiger partial charge in [-0.1, -0.05) is 55.4 Å². The molecule has 0 aromatic rings. The van der Waals surface area contributed by atoms with Crippen LogP contribution in [0.3, 0.4) is 0 Å². The molecule has 0 rings (SSSR count). The van der Waals surface area contributed by atoms with E-state index in [1.807, 2.05) is 0 Å². The van der Waals surface area contributed by atoms with Gasteiger partial charge in [-0.25, -0.2) is 4.79 Å². The van der Waals surface area contributed by atoms with Crippen molar-refractivity contribution in [2.45, 2.75) is 61.5 Å². The van der Waals surface area contributed by atoms with Crippen molar-refractivity contribution < 1.29 is 9.53 Å².